The minimum absolute atomic E-state index is 0.138. The highest BCUT2D eigenvalue weighted by molar-refractivity contribution is 5.89. The van der Waals surface area contributed by atoms with Gasteiger partial charge in [-0.1, -0.05) is 6.07 Å². The number of alkyl halides is 3. The Balaban J connectivity index is 1.83. The van der Waals surface area contributed by atoms with Gasteiger partial charge >= 0.3 is 12.2 Å². The van der Waals surface area contributed by atoms with E-state index in [0.29, 0.717) is 0 Å². The number of carbonyl (C=O) groups is 1. The van der Waals surface area contributed by atoms with Gasteiger partial charge in [0.2, 0.25) is 0 Å². The van der Waals surface area contributed by atoms with E-state index in [4.69, 9.17) is 4.74 Å². The Kier molecular flexibility index (Phi) is 6.99. The number of urea groups is 1. The van der Waals surface area contributed by atoms with Gasteiger partial charge in [-0.15, -0.1) is 0 Å². The molecule has 0 aliphatic rings. The molecule has 0 spiro atoms. The number of carbonyl (C=O) groups excluding carboxylic acids is 1. The quantitative estimate of drug-likeness (QED) is 0.534. The van der Waals surface area contributed by atoms with Crippen LogP contribution in [0, 0.1) is 10.1 Å². The number of rotatable bonds is 7. The van der Waals surface area contributed by atoms with E-state index in [1.165, 1.54) is 31.3 Å². The molecule has 2 aromatic rings. The first-order valence-electron chi connectivity index (χ1n) is 8.31. The lowest BCUT2D eigenvalue weighted by molar-refractivity contribution is -0.384. The third kappa shape index (κ3) is 6.64. The van der Waals surface area contributed by atoms with Crippen LogP contribution in [0.5, 0.6) is 5.75 Å². The molecule has 2 N–H and O–H groups in total. The van der Waals surface area contributed by atoms with Gasteiger partial charge in [0.1, 0.15) is 18.5 Å². The first-order valence-corrected chi connectivity index (χ1v) is 8.31. The third-order valence-electron chi connectivity index (χ3n) is 3.76. The molecule has 2 aromatic carbocycles. The number of benzene rings is 2. The van der Waals surface area contributed by atoms with E-state index in [9.17, 15) is 33.2 Å². The molecule has 0 aromatic heterocycles. The fourth-order valence-electron chi connectivity index (χ4n) is 2.30. The Labute approximate surface area is 163 Å². The second-order valence-electron chi connectivity index (χ2n) is 6.11. The molecule has 1 atom stereocenters. The number of hydrogen-bond acceptors (Lipinski definition) is 5. The van der Waals surface area contributed by atoms with E-state index in [2.05, 4.69) is 5.32 Å². The number of ether oxygens (including phenoxy) is 1. The molecule has 0 radical (unpaired) electrons. The fraction of sp³-hybridized carbons (Fsp3) is 0.278. The van der Waals surface area contributed by atoms with Crippen LogP contribution in [0.4, 0.5) is 29.3 Å². The van der Waals surface area contributed by atoms with Crippen LogP contribution in [0.3, 0.4) is 0 Å². The Bertz CT molecular complexity index is 859. The number of nitro groups is 1. The number of amides is 2. The van der Waals surface area contributed by atoms with Crippen molar-refractivity contribution in [2.24, 2.45) is 0 Å². The van der Waals surface area contributed by atoms with Gasteiger partial charge in [0.05, 0.1) is 17.0 Å². The summed E-state index contributed by atoms with van der Waals surface area (Å²) in [6.45, 7) is -0.388. The van der Waals surface area contributed by atoms with Crippen molar-refractivity contribution in [2.45, 2.75) is 12.3 Å². The summed E-state index contributed by atoms with van der Waals surface area (Å²) in [6, 6.07) is 8.74. The normalized spacial score (nSPS) is 12.2. The number of nitrogens with one attached hydrogen (secondary N) is 1. The Hall–Kier alpha value is -3.34. The molecule has 0 saturated heterocycles. The molecule has 0 heterocycles. The second-order valence-corrected chi connectivity index (χ2v) is 6.11. The monoisotopic (exact) mass is 413 g/mol. The van der Waals surface area contributed by atoms with Crippen molar-refractivity contribution in [3.8, 4) is 5.75 Å². The number of likely N-dealkylation sites (N-methyl/N-ethyl adjacent to an activating group) is 1. The minimum Gasteiger partial charge on any atom is -0.491 e. The maximum atomic E-state index is 12.5. The lowest BCUT2D eigenvalue weighted by Crippen LogP contribution is -2.39. The summed E-state index contributed by atoms with van der Waals surface area (Å²) in [5, 5.41) is 23.2. The molecule has 1 unspecified atom stereocenters. The molecule has 2 rings (SSSR count). The van der Waals surface area contributed by atoms with Crippen LogP contribution in [0.1, 0.15) is 5.56 Å². The highest BCUT2D eigenvalue weighted by Gasteiger charge is 2.30. The van der Waals surface area contributed by atoms with Gasteiger partial charge in [-0.2, -0.15) is 13.2 Å². The molecule has 156 valence electrons. The van der Waals surface area contributed by atoms with Gasteiger partial charge in [-0.3, -0.25) is 10.1 Å². The number of nitrogens with zero attached hydrogens (tertiary/aromatic N) is 2. The molecule has 29 heavy (non-hydrogen) atoms. The zero-order chi connectivity index (χ0) is 21.6. The van der Waals surface area contributed by atoms with Crippen molar-refractivity contribution in [1.82, 2.24) is 4.90 Å². The molecule has 0 aliphatic carbocycles. The van der Waals surface area contributed by atoms with Crippen molar-refractivity contribution >= 4 is 17.4 Å². The Morgan fingerprint density at radius 2 is 1.93 bits per heavy atom. The molecular weight excluding hydrogens is 395 g/mol. The van der Waals surface area contributed by atoms with Crippen LogP contribution in [-0.2, 0) is 6.18 Å². The van der Waals surface area contributed by atoms with Crippen molar-refractivity contribution in [3.05, 3.63) is 64.2 Å². The maximum absolute atomic E-state index is 12.5. The number of aliphatic hydroxyl groups excluding tert-OH is 1. The highest BCUT2D eigenvalue weighted by Crippen LogP contribution is 2.30. The van der Waals surface area contributed by atoms with Crippen molar-refractivity contribution in [3.63, 3.8) is 0 Å². The highest BCUT2D eigenvalue weighted by atomic mass is 19.4. The van der Waals surface area contributed by atoms with Gasteiger partial charge in [-0.25, -0.2) is 4.79 Å². The van der Waals surface area contributed by atoms with Crippen LogP contribution in [-0.4, -0.2) is 47.3 Å². The number of anilines is 1. The average Bonchev–Trinajstić information content (AvgIpc) is 2.66. The molecule has 2 amide bonds. The predicted octanol–water partition coefficient (Wildman–Crippen LogP) is 3.52. The number of nitro benzene ring substituents is 1. The molecule has 0 aliphatic heterocycles. The van der Waals surface area contributed by atoms with E-state index >= 15 is 0 Å². The summed E-state index contributed by atoms with van der Waals surface area (Å²) in [4.78, 5) is 23.4. The van der Waals surface area contributed by atoms with Crippen molar-refractivity contribution in [1.29, 1.82) is 0 Å². The molecule has 0 fully saturated rings. The van der Waals surface area contributed by atoms with E-state index in [1.807, 2.05) is 0 Å². The van der Waals surface area contributed by atoms with Gasteiger partial charge in [0, 0.05) is 24.9 Å². The second kappa shape index (κ2) is 9.24. The predicted molar refractivity (Wildman–Crippen MR) is 97.7 cm³/mol. The number of non-ortho nitro benzene ring substituents is 1. The van der Waals surface area contributed by atoms with Crippen LogP contribution in [0.2, 0.25) is 0 Å². The van der Waals surface area contributed by atoms with Gasteiger partial charge in [-0.05, 0) is 30.3 Å². The summed E-state index contributed by atoms with van der Waals surface area (Å²) in [5.41, 5.74) is -0.787. The standard InChI is InChI=1S/C18H18F3N3O5/c1-23(17(26)22-13-3-2-4-14(9-13)24(27)28)10-15(25)11-29-16-7-5-12(6-8-16)18(19,20)21/h2-9,15,25H,10-11H2,1H3,(H,22,26). The van der Waals surface area contributed by atoms with E-state index in [1.54, 1.807) is 0 Å². The maximum Gasteiger partial charge on any atom is 0.416 e. The van der Waals surface area contributed by atoms with Gasteiger partial charge in [0.25, 0.3) is 5.69 Å². The first-order chi connectivity index (χ1) is 13.6. The molecule has 11 heteroatoms. The van der Waals surface area contributed by atoms with E-state index < -0.39 is 28.8 Å². The third-order valence-corrected chi connectivity index (χ3v) is 3.76. The Morgan fingerprint density at radius 3 is 2.52 bits per heavy atom. The molecule has 0 bridgehead atoms. The summed E-state index contributed by atoms with van der Waals surface area (Å²) < 4.78 is 42.8. The average molecular weight is 413 g/mol. The van der Waals surface area contributed by atoms with Crippen LogP contribution < -0.4 is 10.1 Å². The summed E-state index contributed by atoms with van der Waals surface area (Å²) in [6.07, 6.45) is -5.56. The first kappa shape index (κ1) is 22.0. The largest absolute Gasteiger partial charge is 0.491 e. The molecular formula is C18H18F3N3O5. The van der Waals surface area contributed by atoms with Crippen LogP contribution in [0.15, 0.2) is 48.5 Å². The Morgan fingerprint density at radius 1 is 1.28 bits per heavy atom. The van der Waals surface area contributed by atoms with Crippen LogP contribution in [0.25, 0.3) is 0 Å². The number of aliphatic hydroxyl groups is 1. The topological polar surface area (TPSA) is 105 Å². The summed E-state index contributed by atoms with van der Waals surface area (Å²) >= 11 is 0. The smallest absolute Gasteiger partial charge is 0.416 e. The van der Waals surface area contributed by atoms with E-state index in [-0.39, 0.29) is 30.3 Å². The lowest BCUT2D eigenvalue weighted by atomic mass is 10.2. The number of hydrogen-bond donors (Lipinski definition) is 2. The van der Waals surface area contributed by atoms with Gasteiger partial charge < -0.3 is 20.1 Å². The SMILES string of the molecule is CN(CC(O)COc1ccc(C(F)(F)F)cc1)C(=O)Nc1cccc([N+](=O)[O-])c1. The van der Waals surface area contributed by atoms with Crippen molar-refractivity contribution in [2.75, 3.05) is 25.5 Å². The van der Waals surface area contributed by atoms with Crippen molar-refractivity contribution < 1.29 is 32.7 Å². The molecule has 8 nitrogen and oxygen atoms in total. The number of halogens is 3. The summed E-state index contributed by atoms with van der Waals surface area (Å²) in [5.74, 6) is 0.140. The zero-order valence-electron chi connectivity index (χ0n) is 15.2. The fourth-order valence-corrected chi connectivity index (χ4v) is 2.30. The molecule has 0 saturated carbocycles. The van der Waals surface area contributed by atoms with Crippen LogP contribution >= 0.6 is 0 Å². The minimum atomic E-state index is -4.45. The zero-order valence-corrected chi connectivity index (χ0v) is 15.2. The van der Waals surface area contributed by atoms with Gasteiger partial charge in [0.15, 0.2) is 0 Å². The lowest BCUT2D eigenvalue weighted by Gasteiger charge is -2.21. The summed E-state index contributed by atoms with van der Waals surface area (Å²) in [7, 11) is 1.40. The van der Waals surface area contributed by atoms with E-state index in [0.717, 1.165) is 29.2 Å².